The van der Waals surface area contributed by atoms with Crippen LogP contribution >= 0.6 is 0 Å². The van der Waals surface area contributed by atoms with Gasteiger partial charge in [-0.3, -0.25) is 19.3 Å². The van der Waals surface area contributed by atoms with Crippen LogP contribution in [0.25, 0.3) is 0 Å². The third-order valence-electron chi connectivity index (χ3n) is 4.11. The molecule has 2 aromatic carbocycles. The van der Waals surface area contributed by atoms with Gasteiger partial charge in [0.25, 0.3) is 17.7 Å². The van der Waals surface area contributed by atoms with E-state index in [0.717, 1.165) is 10.5 Å². The first-order valence-electron chi connectivity index (χ1n) is 8.12. The first-order valence-corrected chi connectivity index (χ1v) is 8.12. The molecule has 1 heterocycles. The number of nitrogens with one attached hydrogen (secondary N) is 1. The van der Waals surface area contributed by atoms with Crippen molar-refractivity contribution in [3.8, 4) is 6.07 Å². The fraction of sp³-hybridized carbons (Fsp3) is 0.100. The van der Waals surface area contributed by atoms with Crippen LogP contribution in [-0.2, 0) is 11.3 Å². The number of nitriles is 1. The SMILES string of the molecule is N#CC(C(=O)NCc1ccccc1)=C(O)CN1C(=O)c2ccccc2C1=O. The molecule has 0 aromatic heterocycles. The van der Waals surface area contributed by atoms with Crippen molar-refractivity contribution in [2.24, 2.45) is 0 Å². The smallest absolute Gasteiger partial charge is 0.265 e. The second-order valence-electron chi connectivity index (χ2n) is 5.84. The number of nitrogens with zero attached hydrogens (tertiary/aromatic N) is 2. The van der Waals surface area contributed by atoms with Gasteiger partial charge in [0.2, 0.25) is 0 Å². The number of aliphatic hydroxyl groups excluding tert-OH is 1. The number of imide groups is 1. The molecular weight excluding hydrogens is 346 g/mol. The van der Waals surface area contributed by atoms with E-state index in [2.05, 4.69) is 5.32 Å². The molecule has 1 aliphatic rings. The van der Waals surface area contributed by atoms with Crippen molar-refractivity contribution in [2.45, 2.75) is 6.54 Å². The highest BCUT2D eigenvalue weighted by Gasteiger charge is 2.36. The van der Waals surface area contributed by atoms with Gasteiger partial charge in [-0.1, -0.05) is 42.5 Å². The van der Waals surface area contributed by atoms with Gasteiger partial charge in [0, 0.05) is 6.54 Å². The minimum Gasteiger partial charge on any atom is -0.509 e. The molecule has 0 radical (unpaired) electrons. The Morgan fingerprint density at radius 1 is 1.00 bits per heavy atom. The molecule has 0 spiro atoms. The van der Waals surface area contributed by atoms with E-state index in [4.69, 9.17) is 0 Å². The lowest BCUT2D eigenvalue weighted by molar-refractivity contribution is -0.117. The van der Waals surface area contributed by atoms with Gasteiger partial charge in [-0.25, -0.2) is 0 Å². The Hall–Kier alpha value is -3.92. The standard InChI is InChI=1S/C20H15N3O4/c21-10-16(18(25)22-11-13-6-2-1-3-7-13)17(24)12-23-19(26)14-8-4-5-9-15(14)20(23)27/h1-9,24H,11-12H2,(H,22,25). The summed E-state index contributed by atoms with van der Waals surface area (Å²) < 4.78 is 0. The second-order valence-corrected chi connectivity index (χ2v) is 5.84. The average Bonchev–Trinajstić information content (AvgIpc) is 2.93. The molecule has 27 heavy (non-hydrogen) atoms. The van der Waals surface area contributed by atoms with E-state index in [-0.39, 0.29) is 17.7 Å². The third-order valence-corrected chi connectivity index (χ3v) is 4.11. The number of amides is 3. The average molecular weight is 361 g/mol. The molecule has 0 unspecified atom stereocenters. The maximum atomic E-state index is 12.3. The predicted octanol–water partition coefficient (Wildman–Crippen LogP) is 1.93. The largest absolute Gasteiger partial charge is 0.509 e. The molecule has 1 aliphatic heterocycles. The molecule has 0 aliphatic carbocycles. The summed E-state index contributed by atoms with van der Waals surface area (Å²) in [6.07, 6.45) is 0. The van der Waals surface area contributed by atoms with Crippen LogP contribution in [0.1, 0.15) is 26.3 Å². The first-order chi connectivity index (χ1) is 13.0. The lowest BCUT2D eigenvalue weighted by Gasteiger charge is -2.14. The van der Waals surface area contributed by atoms with Gasteiger partial charge < -0.3 is 10.4 Å². The summed E-state index contributed by atoms with van der Waals surface area (Å²) in [6, 6.07) is 16.9. The number of aliphatic hydroxyl groups is 1. The molecule has 7 nitrogen and oxygen atoms in total. The van der Waals surface area contributed by atoms with Crippen LogP contribution in [0, 0.1) is 11.3 Å². The maximum Gasteiger partial charge on any atom is 0.265 e. The maximum absolute atomic E-state index is 12.3. The van der Waals surface area contributed by atoms with Crippen molar-refractivity contribution in [1.82, 2.24) is 10.2 Å². The van der Waals surface area contributed by atoms with E-state index >= 15 is 0 Å². The van der Waals surface area contributed by atoms with Gasteiger partial charge in [-0.2, -0.15) is 5.26 Å². The van der Waals surface area contributed by atoms with E-state index in [0.29, 0.717) is 0 Å². The van der Waals surface area contributed by atoms with Gasteiger partial charge >= 0.3 is 0 Å². The number of carbonyl (C=O) groups is 3. The fourth-order valence-corrected chi connectivity index (χ4v) is 2.72. The molecule has 2 aromatic rings. The molecule has 0 saturated heterocycles. The number of hydrogen-bond donors (Lipinski definition) is 2. The molecular formula is C20H15N3O4. The molecule has 134 valence electrons. The van der Waals surface area contributed by atoms with Crippen molar-refractivity contribution in [1.29, 1.82) is 5.26 Å². The monoisotopic (exact) mass is 361 g/mol. The van der Waals surface area contributed by atoms with E-state index < -0.39 is 35.6 Å². The van der Waals surface area contributed by atoms with Crippen LogP contribution in [0.3, 0.4) is 0 Å². The van der Waals surface area contributed by atoms with E-state index in [1.165, 1.54) is 12.1 Å². The molecule has 3 amide bonds. The van der Waals surface area contributed by atoms with Gasteiger partial charge in [0.15, 0.2) is 5.57 Å². The Morgan fingerprint density at radius 3 is 2.11 bits per heavy atom. The van der Waals surface area contributed by atoms with Crippen molar-refractivity contribution in [2.75, 3.05) is 6.54 Å². The highest BCUT2D eigenvalue weighted by atomic mass is 16.3. The van der Waals surface area contributed by atoms with Gasteiger partial charge in [-0.05, 0) is 17.7 Å². The Labute approximate surface area is 155 Å². The van der Waals surface area contributed by atoms with E-state index in [1.807, 2.05) is 18.2 Å². The Kier molecular flexibility index (Phi) is 4.99. The zero-order valence-corrected chi connectivity index (χ0v) is 14.2. The summed E-state index contributed by atoms with van der Waals surface area (Å²) in [5.74, 6) is -2.58. The molecule has 0 saturated carbocycles. The predicted molar refractivity (Wildman–Crippen MR) is 95.4 cm³/mol. The van der Waals surface area contributed by atoms with Crippen LogP contribution < -0.4 is 5.32 Å². The minimum atomic E-state index is -0.782. The highest BCUT2D eigenvalue weighted by Crippen LogP contribution is 2.23. The summed E-state index contributed by atoms with van der Waals surface area (Å²) in [5.41, 5.74) is 0.732. The van der Waals surface area contributed by atoms with Gasteiger partial charge in [0.1, 0.15) is 11.8 Å². The Balaban J connectivity index is 1.74. The minimum absolute atomic E-state index is 0.172. The van der Waals surface area contributed by atoms with Crippen molar-refractivity contribution in [3.05, 3.63) is 82.6 Å². The van der Waals surface area contributed by atoms with Crippen LogP contribution in [0.15, 0.2) is 65.9 Å². The molecule has 3 rings (SSSR count). The lowest BCUT2D eigenvalue weighted by atomic mass is 10.1. The molecule has 7 heteroatoms. The van der Waals surface area contributed by atoms with Crippen molar-refractivity contribution >= 4 is 17.7 Å². The summed E-state index contributed by atoms with van der Waals surface area (Å²) in [7, 11) is 0. The highest BCUT2D eigenvalue weighted by molar-refractivity contribution is 6.21. The summed E-state index contributed by atoms with van der Waals surface area (Å²) >= 11 is 0. The number of benzene rings is 2. The van der Waals surface area contributed by atoms with Crippen LogP contribution in [-0.4, -0.2) is 34.3 Å². The topological polar surface area (TPSA) is 110 Å². The number of rotatable bonds is 5. The molecule has 0 fully saturated rings. The summed E-state index contributed by atoms with van der Waals surface area (Å²) in [4.78, 5) is 37.7. The molecule has 2 N–H and O–H groups in total. The van der Waals surface area contributed by atoms with Crippen LogP contribution in [0.2, 0.25) is 0 Å². The van der Waals surface area contributed by atoms with Gasteiger partial charge in [0.05, 0.1) is 17.7 Å². The van der Waals surface area contributed by atoms with E-state index in [9.17, 15) is 24.8 Å². The van der Waals surface area contributed by atoms with Crippen molar-refractivity contribution < 1.29 is 19.5 Å². The van der Waals surface area contributed by atoms with Crippen LogP contribution in [0.4, 0.5) is 0 Å². The summed E-state index contributed by atoms with van der Waals surface area (Å²) in [5, 5.41) is 22.0. The molecule has 0 atom stereocenters. The first kappa shape index (κ1) is 17.9. The van der Waals surface area contributed by atoms with E-state index in [1.54, 1.807) is 30.3 Å². The second kappa shape index (κ2) is 7.54. The molecule has 0 bridgehead atoms. The van der Waals surface area contributed by atoms with Crippen LogP contribution in [0.5, 0.6) is 0 Å². The Bertz CT molecular complexity index is 955. The van der Waals surface area contributed by atoms with Crippen molar-refractivity contribution in [3.63, 3.8) is 0 Å². The normalized spacial score (nSPS) is 13.7. The number of carbonyl (C=O) groups excluding carboxylic acids is 3. The number of fused-ring (bicyclic) bond motifs is 1. The zero-order chi connectivity index (χ0) is 19.4. The summed E-state index contributed by atoms with van der Waals surface area (Å²) in [6.45, 7) is -0.376. The lowest BCUT2D eigenvalue weighted by Crippen LogP contribution is -2.33. The Morgan fingerprint density at radius 2 is 1.56 bits per heavy atom. The zero-order valence-electron chi connectivity index (χ0n) is 14.2. The quantitative estimate of drug-likeness (QED) is 0.366. The third kappa shape index (κ3) is 3.55. The fourth-order valence-electron chi connectivity index (χ4n) is 2.72. The number of hydrogen-bond acceptors (Lipinski definition) is 5. The van der Waals surface area contributed by atoms with Gasteiger partial charge in [-0.15, -0.1) is 0 Å².